The first-order valence-corrected chi connectivity index (χ1v) is 10.6. The van der Waals surface area contributed by atoms with Gasteiger partial charge in [-0.15, -0.1) is 0 Å². The van der Waals surface area contributed by atoms with Gasteiger partial charge in [0, 0.05) is 43.2 Å². The Labute approximate surface area is 180 Å². The van der Waals surface area contributed by atoms with E-state index in [9.17, 15) is 4.79 Å². The van der Waals surface area contributed by atoms with Crippen LogP contribution in [0.2, 0.25) is 0 Å². The largest absolute Gasteiger partial charge is 0.340 e. The van der Waals surface area contributed by atoms with Crippen molar-refractivity contribution in [3.8, 4) is 11.1 Å². The molecule has 1 aliphatic heterocycles. The van der Waals surface area contributed by atoms with E-state index in [0.717, 1.165) is 53.1 Å². The number of fused-ring (bicyclic) bond motifs is 1. The predicted molar refractivity (Wildman–Crippen MR) is 118 cm³/mol. The lowest BCUT2D eigenvalue weighted by Crippen LogP contribution is -2.41. The molecule has 7 nitrogen and oxygen atoms in total. The molecule has 1 fully saturated rings. The molecule has 5 rings (SSSR count). The summed E-state index contributed by atoms with van der Waals surface area (Å²) in [6, 6.07) is 11.9. The summed E-state index contributed by atoms with van der Waals surface area (Å²) in [5, 5.41) is 0. The average Bonchev–Trinajstić information content (AvgIpc) is 3.14. The van der Waals surface area contributed by atoms with Gasteiger partial charge < -0.3 is 9.47 Å². The van der Waals surface area contributed by atoms with E-state index in [4.69, 9.17) is 0 Å². The molecule has 31 heavy (non-hydrogen) atoms. The van der Waals surface area contributed by atoms with Crippen molar-refractivity contribution >= 4 is 16.9 Å². The van der Waals surface area contributed by atoms with Crippen LogP contribution in [0, 0.1) is 6.92 Å². The maximum Gasteiger partial charge on any atom is 0.242 e. The molecular weight excluding hydrogens is 388 g/mol. The second-order valence-corrected chi connectivity index (χ2v) is 7.97. The Kier molecular flexibility index (Phi) is 5.16. The highest BCUT2D eigenvalue weighted by atomic mass is 16.2. The zero-order valence-corrected chi connectivity index (χ0v) is 17.5. The first-order valence-electron chi connectivity index (χ1n) is 10.6. The van der Waals surface area contributed by atoms with E-state index in [0.29, 0.717) is 13.1 Å². The summed E-state index contributed by atoms with van der Waals surface area (Å²) in [6.07, 6.45) is 8.98. The molecule has 7 heteroatoms. The zero-order chi connectivity index (χ0) is 21.2. The first kappa shape index (κ1) is 19.4. The monoisotopic (exact) mass is 412 g/mol. The van der Waals surface area contributed by atoms with E-state index in [-0.39, 0.29) is 11.8 Å². The number of amides is 1. The number of carbonyl (C=O) groups excluding carboxylic acids is 1. The summed E-state index contributed by atoms with van der Waals surface area (Å²) in [5.74, 6) is 1.17. The molecule has 0 saturated carbocycles. The number of pyridine rings is 1. The van der Waals surface area contributed by atoms with Crippen molar-refractivity contribution in [3.05, 3.63) is 72.8 Å². The van der Waals surface area contributed by atoms with Crippen LogP contribution in [-0.4, -0.2) is 48.4 Å². The number of carbonyl (C=O) groups is 1. The quantitative estimate of drug-likeness (QED) is 0.512. The Hall–Kier alpha value is -3.61. The number of likely N-dealkylation sites (tertiary alicyclic amines) is 1. The minimum atomic E-state index is 0.121. The number of benzene rings is 1. The van der Waals surface area contributed by atoms with Crippen LogP contribution < -0.4 is 0 Å². The van der Waals surface area contributed by atoms with Gasteiger partial charge in [-0.25, -0.2) is 15.0 Å². The van der Waals surface area contributed by atoms with E-state index in [1.165, 1.54) is 0 Å². The van der Waals surface area contributed by atoms with Crippen molar-refractivity contribution in [1.29, 1.82) is 0 Å². The second kappa shape index (κ2) is 8.26. The van der Waals surface area contributed by atoms with E-state index in [2.05, 4.69) is 19.9 Å². The highest BCUT2D eigenvalue weighted by Gasteiger charge is 2.28. The fourth-order valence-corrected chi connectivity index (χ4v) is 4.48. The molecule has 0 spiro atoms. The van der Waals surface area contributed by atoms with Crippen molar-refractivity contribution in [2.75, 3.05) is 13.1 Å². The second-order valence-electron chi connectivity index (χ2n) is 7.97. The van der Waals surface area contributed by atoms with Gasteiger partial charge in [0.2, 0.25) is 5.91 Å². The maximum absolute atomic E-state index is 13.2. The standard InChI is InChI=1S/C24H24N6O/c1-17-28-21-6-2-3-7-22(21)30(17)15-23(31)29-12-4-5-19(14-29)24-20(13-26-16-27-24)18-8-10-25-11-9-18/h2-3,6-11,13,16,19H,4-5,12,14-15H2,1H3/t19-/m1/s1. The Balaban J connectivity index is 1.38. The predicted octanol–water partition coefficient (Wildman–Crippen LogP) is 3.60. The van der Waals surface area contributed by atoms with Crippen molar-refractivity contribution in [3.63, 3.8) is 0 Å². The number of aromatic nitrogens is 5. The van der Waals surface area contributed by atoms with Gasteiger partial charge in [-0.1, -0.05) is 12.1 Å². The number of para-hydroxylation sites is 2. The lowest BCUT2D eigenvalue weighted by Gasteiger charge is -2.33. The number of hydrogen-bond donors (Lipinski definition) is 0. The summed E-state index contributed by atoms with van der Waals surface area (Å²) >= 11 is 0. The molecule has 0 unspecified atom stereocenters. The van der Waals surface area contributed by atoms with Crippen LogP contribution in [0.25, 0.3) is 22.2 Å². The third-order valence-corrected chi connectivity index (χ3v) is 6.03. The highest BCUT2D eigenvalue weighted by Crippen LogP contribution is 2.32. The van der Waals surface area contributed by atoms with E-state index >= 15 is 0 Å². The van der Waals surface area contributed by atoms with Crippen LogP contribution in [0.5, 0.6) is 0 Å². The minimum Gasteiger partial charge on any atom is -0.340 e. The van der Waals surface area contributed by atoms with Crippen LogP contribution in [0.3, 0.4) is 0 Å². The molecule has 0 radical (unpaired) electrons. The van der Waals surface area contributed by atoms with E-state index in [1.807, 2.05) is 59.0 Å². The van der Waals surface area contributed by atoms with Crippen molar-refractivity contribution in [1.82, 2.24) is 29.4 Å². The van der Waals surface area contributed by atoms with Gasteiger partial charge in [0.25, 0.3) is 0 Å². The van der Waals surface area contributed by atoms with Gasteiger partial charge in [-0.3, -0.25) is 9.78 Å². The summed E-state index contributed by atoms with van der Waals surface area (Å²) < 4.78 is 2.01. The molecule has 0 N–H and O–H groups in total. The normalized spacial score (nSPS) is 16.5. The van der Waals surface area contributed by atoms with Gasteiger partial charge in [-0.2, -0.15) is 0 Å². The molecule has 156 valence electrons. The maximum atomic E-state index is 13.2. The third-order valence-electron chi connectivity index (χ3n) is 6.03. The Morgan fingerprint density at radius 3 is 2.84 bits per heavy atom. The third kappa shape index (κ3) is 3.79. The average molecular weight is 412 g/mol. The smallest absolute Gasteiger partial charge is 0.242 e. The number of imidazole rings is 1. The number of piperidine rings is 1. The first-order chi connectivity index (χ1) is 15.2. The van der Waals surface area contributed by atoms with E-state index in [1.54, 1.807) is 18.7 Å². The Morgan fingerprint density at radius 1 is 1.13 bits per heavy atom. The number of nitrogens with zero attached hydrogens (tertiary/aromatic N) is 6. The lowest BCUT2D eigenvalue weighted by atomic mass is 9.90. The van der Waals surface area contributed by atoms with Gasteiger partial charge in [0.1, 0.15) is 18.7 Å². The van der Waals surface area contributed by atoms with Crippen LogP contribution in [0.15, 0.2) is 61.3 Å². The van der Waals surface area contributed by atoms with Crippen LogP contribution in [0.4, 0.5) is 0 Å². The van der Waals surface area contributed by atoms with Gasteiger partial charge in [0.15, 0.2) is 0 Å². The van der Waals surface area contributed by atoms with Gasteiger partial charge >= 0.3 is 0 Å². The Morgan fingerprint density at radius 2 is 1.97 bits per heavy atom. The molecule has 4 aromatic rings. The Bertz CT molecular complexity index is 1220. The molecule has 3 aromatic heterocycles. The fourth-order valence-electron chi connectivity index (χ4n) is 4.48. The molecule has 0 bridgehead atoms. The molecule has 1 aromatic carbocycles. The summed E-state index contributed by atoms with van der Waals surface area (Å²) in [6.45, 7) is 3.70. The van der Waals surface area contributed by atoms with Crippen molar-refractivity contribution in [2.24, 2.45) is 0 Å². The molecule has 0 aliphatic carbocycles. The summed E-state index contributed by atoms with van der Waals surface area (Å²) in [4.78, 5) is 32.8. The molecule has 1 atom stereocenters. The fraction of sp³-hybridized carbons (Fsp3) is 0.292. The lowest BCUT2D eigenvalue weighted by molar-refractivity contribution is -0.133. The topological polar surface area (TPSA) is 76.8 Å². The minimum absolute atomic E-state index is 0.121. The number of hydrogen-bond acceptors (Lipinski definition) is 5. The molecular formula is C24H24N6O. The highest BCUT2D eigenvalue weighted by molar-refractivity contribution is 5.81. The molecule has 1 aliphatic rings. The number of rotatable bonds is 4. The van der Waals surface area contributed by atoms with Crippen LogP contribution >= 0.6 is 0 Å². The van der Waals surface area contributed by atoms with Crippen LogP contribution in [0.1, 0.15) is 30.3 Å². The van der Waals surface area contributed by atoms with Crippen molar-refractivity contribution < 1.29 is 4.79 Å². The van der Waals surface area contributed by atoms with E-state index < -0.39 is 0 Å². The van der Waals surface area contributed by atoms with Crippen LogP contribution in [-0.2, 0) is 11.3 Å². The summed E-state index contributed by atoms with van der Waals surface area (Å²) in [5.41, 5.74) is 4.99. The van der Waals surface area contributed by atoms with Gasteiger partial charge in [-0.05, 0) is 49.6 Å². The molecule has 4 heterocycles. The zero-order valence-electron chi connectivity index (χ0n) is 17.5. The summed E-state index contributed by atoms with van der Waals surface area (Å²) in [7, 11) is 0. The number of aryl methyl sites for hydroxylation is 1. The molecule has 1 saturated heterocycles. The molecule has 1 amide bonds. The van der Waals surface area contributed by atoms with Gasteiger partial charge in [0.05, 0.1) is 16.7 Å². The SMILES string of the molecule is Cc1nc2ccccc2n1CC(=O)N1CCC[C@@H](c2ncncc2-c2ccncc2)C1. The van der Waals surface area contributed by atoms with Crippen molar-refractivity contribution in [2.45, 2.75) is 32.2 Å².